The van der Waals surface area contributed by atoms with E-state index in [-0.39, 0.29) is 18.2 Å². The summed E-state index contributed by atoms with van der Waals surface area (Å²) in [5.41, 5.74) is 4.35. The molecule has 0 aliphatic rings. The van der Waals surface area contributed by atoms with Crippen molar-refractivity contribution in [2.75, 3.05) is 19.0 Å². The fourth-order valence-corrected chi connectivity index (χ4v) is 1.88. The number of benzene rings is 2. The van der Waals surface area contributed by atoms with Crippen molar-refractivity contribution in [3.63, 3.8) is 0 Å². The van der Waals surface area contributed by atoms with Crippen LogP contribution in [-0.2, 0) is 4.79 Å². The van der Waals surface area contributed by atoms with Gasteiger partial charge in [-0.25, -0.2) is 9.82 Å². The van der Waals surface area contributed by atoms with Crippen LogP contribution in [0.5, 0.6) is 5.75 Å². The first-order valence-corrected chi connectivity index (χ1v) is 7.06. The van der Waals surface area contributed by atoms with Crippen LogP contribution in [0.4, 0.5) is 10.1 Å². The molecule has 6 heteroatoms. The molecule has 2 rings (SSSR count). The molecule has 23 heavy (non-hydrogen) atoms. The molecular formula is C17H18FN3O2. The van der Waals surface area contributed by atoms with Crippen molar-refractivity contribution >= 4 is 17.3 Å². The van der Waals surface area contributed by atoms with Gasteiger partial charge in [0, 0.05) is 11.3 Å². The Morgan fingerprint density at radius 2 is 1.96 bits per heavy atom. The summed E-state index contributed by atoms with van der Waals surface area (Å²) in [6, 6.07) is 13.9. The van der Waals surface area contributed by atoms with Gasteiger partial charge in [-0.1, -0.05) is 18.2 Å². The largest absolute Gasteiger partial charge is 0.494 e. The summed E-state index contributed by atoms with van der Waals surface area (Å²) in [5.74, 6) is -0.601. The predicted molar refractivity (Wildman–Crippen MR) is 88.2 cm³/mol. The Kier molecular flexibility index (Phi) is 5.68. The van der Waals surface area contributed by atoms with Crippen molar-refractivity contribution < 1.29 is 13.9 Å². The molecule has 1 amide bonds. The maximum atomic E-state index is 13.6. The van der Waals surface area contributed by atoms with Crippen LogP contribution in [0.15, 0.2) is 53.6 Å². The minimum absolute atomic E-state index is 0.0950. The molecule has 0 unspecified atom stereocenters. The van der Waals surface area contributed by atoms with Gasteiger partial charge in [-0.2, -0.15) is 5.10 Å². The van der Waals surface area contributed by atoms with Gasteiger partial charge in [-0.3, -0.25) is 4.79 Å². The molecule has 0 atom stereocenters. The third kappa shape index (κ3) is 4.81. The summed E-state index contributed by atoms with van der Waals surface area (Å²) < 4.78 is 18.5. The second-order valence-electron chi connectivity index (χ2n) is 4.80. The van der Waals surface area contributed by atoms with Gasteiger partial charge in [0.1, 0.15) is 0 Å². The lowest BCUT2D eigenvalue weighted by Gasteiger charge is -2.07. The number of hydrazone groups is 1. The summed E-state index contributed by atoms with van der Waals surface area (Å²) in [6.45, 7) is 1.78. The van der Waals surface area contributed by atoms with Crippen molar-refractivity contribution in [3.05, 3.63) is 59.9 Å². The molecule has 0 saturated heterocycles. The van der Waals surface area contributed by atoms with Gasteiger partial charge in [-0.05, 0) is 37.3 Å². The van der Waals surface area contributed by atoms with E-state index in [1.54, 1.807) is 13.0 Å². The molecule has 0 spiro atoms. The lowest BCUT2D eigenvalue weighted by atomic mass is 10.1. The van der Waals surface area contributed by atoms with E-state index in [1.165, 1.54) is 19.2 Å². The number of para-hydroxylation sites is 1. The normalized spacial score (nSPS) is 11.0. The number of rotatable bonds is 6. The van der Waals surface area contributed by atoms with E-state index < -0.39 is 5.82 Å². The zero-order valence-electron chi connectivity index (χ0n) is 13.0. The van der Waals surface area contributed by atoms with Crippen LogP contribution in [0.3, 0.4) is 0 Å². The van der Waals surface area contributed by atoms with Crippen LogP contribution in [0.25, 0.3) is 0 Å². The Labute approximate surface area is 134 Å². The molecular weight excluding hydrogens is 297 g/mol. The number of anilines is 1. The number of nitrogens with zero attached hydrogens (tertiary/aromatic N) is 1. The van der Waals surface area contributed by atoms with Crippen molar-refractivity contribution in [3.8, 4) is 5.75 Å². The van der Waals surface area contributed by atoms with E-state index >= 15 is 0 Å². The van der Waals surface area contributed by atoms with E-state index in [2.05, 4.69) is 15.8 Å². The van der Waals surface area contributed by atoms with E-state index in [4.69, 9.17) is 4.74 Å². The molecule has 0 aliphatic heterocycles. The third-order valence-corrected chi connectivity index (χ3v) is 3.14. The Balaban J connectivity index is 1.91. The van der Waals surface area contributed by atoms with Crippen LogP contribution in [0.1, 0.15) is 12.5 Å². The molecule has 2 aromatic carbocycles. The molecule has 0 bridgehead atoms. The summed E-state index contributed by atoms with van der Waals surface area (Å²) in [5, 5.41) is 6.95. The smallest absolute Gasteiger partial charge is 0.259 e. The highest BCUT2D eigenvalue weighted by atomic mass is 19.1. The lowest BCUT2D eigenvalue weighted by molar-refractivity contribution is -0.119. The molecule has 0 aliphatic carbocycles. The van der Waals surface area contributed by atoms with Crippen molar-refractivity contribution in [2.45, 2.75) is 6.92 Å². The minimum Gasteiger partial charge on any atom is -0.494 e. The summed E-state index contributed by atoms with van der Waals surface area (Å²) in [6.07, 6.45) is 0. The fraction of sp³-hybridized carbons (Fsp3) is 0.176. The Morgan fingerprint density at radius 3 is 2.61 bits per heavy atom. The highest BCUT2D eigenvalue weighted by molar-refractivity contribution is 5.99. The molecule has 120 valence electrons. The summed E-state index contributed by atoms with van der Waals surface area (Å²) in [4.78, 5) is 11.7. The van der Waals surface area contributed by atoms with Crippen LogP contribution >= 0.6 is 0 Å². The van der Waals surface area contributed by atoms with E-state index in [0.29, 0.717) is 11.3 Å². The van der Waals surface area contributed by atoms with Gasteiger partial charge < -0.3 is 10.1 Å². The number of hydrogen-bond donors (Lipinski definition) is 2. The average Bonchev–Trinajstić information content (AvgIpc) is 2.58. The van der Waals surface area contributed by atoms with Crippen molar-refractivity contribution in [1.82, 2.24) is 5.43 Å². The van der Waals surface area contributed by atoms with Crippen LogP contribution in [0, 0.1) is 5.82 Å². The topological polar surface area (TPSA) is 62.7 Å². The number of carbonyl (C=O) groups is 1. The SMILES string of the molecule is COc1ccc(/C(C)=N\NC(=O)CNc2ccccc2)cc1F. The van der Waals surface area contributed by atoms with Crippen molar-refractivity contribution in [1.29, 1.82) is 0 Å². The third-order valence-electron chi connectivity index (χ3n) is 3.14. The van der Waals surface area contributed by atoms with Crippen molar-refractivity contribution in [2.24, 2.45) is 5.10 Å². The first-order chi connectivity index (χ1) is 11.1. The maximum Gasteiger partial charge on any atom is 0.259 e. The predicted octanol–water partition coefficient (Wildman–Crippen LogP) is 2.79. The van der Waals surface area contributed by atoms with Gasteiger partial charge in [0.2, 0.25) is 0 Å². The quantitative estimate of drug-likeness (QED) is 0.636. The number of nitrogens with one attached hydrogen (secondary N) is 2. The molecule has 0 aromatic heterocycles. The molecule has 0 radical (unpaired) electrons. The maximum absolute atomic E-state index is 13.6. The number of amides is 1. The number of methoxy groups -OCH3 is 1. The van der Waals surface area contributed by atoms with Crippen LogP contribution < -0.4 is 15.5 Å². The Morgan fingerprint density at radius 1 is 1.22 bits per heavy atom. The van der Waals surface area contributed by atoms with Gasteiger partial charge in [-0.15, -0.1) is 0 Å². The zero-order chi connectivity index (χ0) is 16.7. The molecule has 2 aromatic rings. The lowest BCUT2D eigenvalue weighted by Crippen LogP contribution is -2.26. The summed E-state index contributed by atoms with van der Waals surface area (Å²) >= 11 is 0. The van der Waals surface area contributed by atoms with E-state index in [9.17, 15) is 9.18 Å². The molecule has 5 nitrogen and oxygen atoms in total. The number of halogens is 1. The van der Waals surface area contributed by atoms with E-state index in [1.807, 2.05) is 30.3 Å². The first kappa shape index (κ1) is 16.5. The monoisotopic (exact) mass is 315 g/mol. The second-order valence-corrected chi connectivity index (χ2v) is 4.80. The molecule has 0 fully saturated rings. The number of hydrogen-bond acceptors (Lipinski definition) is 4. The fourth-order valence-electron chi connectivity index (χ4n) is 1.88. The van der Waals surface area contributed by atoms with Crippen LogP contribution in [0.2, 0.25) is 0 Å². The Hall–Kier alpha value is -2.89. The first-order valence-electron chi connectivity index (χ1n) is 7.06. The molecule has 2 N–H and O–H groups in total. The number of ether oxygens (including phenoxy) is 1. The van der Waals surface area contributed by atoms with Crippen LogP contribution in [-0.4, -0.2) is 25.3 Å². The van der Waals surface area contributed by atoms with Gasteiger partial charge in [0.25, 0.3) is 5.91 Å². The summed E-state index contributed by atoms with van der Waals surface area (Å²) in [7, 11) is 1.40. The average molecular weight is 315 g/mol. The highest BCUT2D eigenvalue weighted by Gasteiger charge is 2.06. The number of carbonyl (C=O) groups excluding carboxylic acids is 1. The Bertz CT molecular complexity index is 702. The standard InChI is InChI=1S/C17H18FN3O2/c1-12(13-8-9-16(23-2)15(18)10-13)20-21-17(22)11-19-14-6-4-3-5-7-14/h3-10,19H,11H2,1-2H3,(H,21,22)/b20-12-. The van der Waals surface area contributed by atoms with Gasteiger partial charge in [0.15, 0.2) is 11.6 Å². The second kappa shape index (κ2) is 7.93. The minimum atomic E-state index is -0.475. The molecule has 0 saturated carbocycles. The molecule has 0 heterocycles. The van der Waals surface area contributed by atoms with E-state index in [0.717, 1.165) is 5.69 Å². The van der Waals surface area contributed by atoms with Gasteiger partial charge in [0.05, 0.1) is 19.4 Å². The highest BCUT2D eigenvalue weighted by Crippen LogP contribution is 2.17. The zero-order valence-corrected chi connectivity index (χ0v) is 13.0. The van der Waals surface area contributed by atoms with Gasteiger partial charge >= 0.3 is 0 Å².